The number of benzene rings is 2. The maximum Gasteiger partial charge on any atom is 0.149 e. The molecule has 1 radical (unpaired) electrons. The zero-order valence-corrected chi connectivity index (χ0v) is 15.6. The molecule has 0 unspecified atom stereocenters. The first-order valence-electron chi connectivity index (χ1n) is 6.90. The Morgan fingerprint density at radius 2 is 1.96 bits per heavy atom. The summed E-state index contributed by atoms with van der Waals surface area (Å²) in [5.74, 6) is -0.869. The van der Waals surface area contributed by atoms with Crippen molar-refractivity contribution < 1.29 is 28.9 Å². The van der Waals surface area contributed by atoms with Gasteiger partial charge in [0.25, 0.3) is 0 Å². The summed E-state index contributed by atoms with van der Waals surface area (Å²) < 4.78 is 30.5. The number of rotatable bonds is 2. The number of aromatic nitrogens is 3. The minimum atomic E-state index is -0.644. The molecule has 0 aliphatic carbocycles. The summed E-state index contributed by atoms with van der Waals surface area (Å²) in [5.41, 5.74) is 1.31. The van der Waals surface area contributed by atoms with E-state index in [0.29, 0.717) is 11.4 Å². The van der Waals surface area contributed by atoms with Gasteiger partial charge >= 0.3 is 0 Å². The Kier molecular flexibility index (Phi) is 4.58. The number of hydrogen-bond donors (Lipinski definition) is 0. The van der Waals surface area contributed by atoms with E-state index < -0.39 is 11.6 Å². The van der Waals surface area contributed by atoms with Crippen LogP contribution in [-0.2, 0) is 20.1 Å². The van der Waals surface area contributed by atoms with E-state index in [4.69, 9.17) is 0 Å². The van der Waals surface area contributed by atoms with E-state index in [9.17, 15) is 8.78 Å². The summed E-state index contributed by atoms with van der Waals surface area (Å²) in [6.07, 6.45) is 3.03. The standard InChI is InChI=1S/C17H10F2N3S.Ir/c1-10-21-14-9-11(5-6-15(14)23-10)17-20-7-8-22(17)16-12(18)3-2-4-13(16)19;/h2-4,6-9H,1H3;/q-1;. The van der Waals surface area contributed by atoms with Crippen molar-refractivity contribution in [2.24, 2.45) is 0 Å². The Morgan fingerprint density at radius 1 is 1.21 bits per heavy atom. The van der Waals surface area contributed by atoms with Gasteiger partial charge in [0.05, 0.1) is 10.8 Å². The van der Waals surface area contributed by atoms with E-state index in [1.807, 2.05) is 19.1 Å². The second kappa shape index (κ2) is 6.51. The fourth-order valence-corrected chi connectivity index (χ4v) is 3.31. The van der Waals surface area contributed by atoms with Crippen LogP contribution in [0.15, 0.2) is 42.7 Å². The molecule has 0 fully saturated rings. The van der Waals surface area contributed by atoms with Crippen LogP contribution in [-0.4, -0.2) is 14.5 Å². The van der Waals surface area contributed by atoms with Crippen molar-refractivity contribution in [3.8, 4) is 17.1 Å². The molecule has 2 aromatic carbocycles. The molecule has 7 heteroatoms. The number of fused-ring (bicyclic) bond motifs is 1. The fraction of sp³-hybridized carbons (Fsp3) is 0.0588. The predicted molar refractivity (Wildman–Crippen MR) is 85.7 cm³/mol. The van der Waals surface area contributed by atoms with Gasteiger partial charge in [-0.15, -0.1) is 23.8 Å². The molecule has 0 saturated carbocycles. The van der Waals surface area contributed by atoms with Crippen molar-refractivity contribution in [2.75, 3.05) is 0 Å². The number of hydrogen-bond acceptors (Lipinski definition) is 3. The first-order valence-corrected chi connectivity index (χ1v) is 7.72. The second-order valence-electron chi connectivity index (χ2n) is 5.02. The quantitative estimate of drug-likeness (QED) is 0.365. The zero-order valence-electron chi connectivity index (χ0n) is 12.4. The summed E-state index contributed by atoms with van der Waals surface area (Å²) >= 11 is 1.57. The number of halogens is 2. The van der Waals surface area contributed by atoms with Crippen LogP contribution in [0.4, 0.5) is 8.78 Å². The van der Waals surface area contributed by atoms with Gasteiger partial charge < -0.3 is 4.57 Å². The Balaban J connectivity index is 0.00000169. The topological polar surface area (TPSA) is 30.7 Å². The Labute approximate surface area is 154 Å². The average Bonchev–Trinajstić information content (AvgIpc) is 3.11. The molecule has 0 amide bonds. The van der Waals surface area contributed by atoms with Crippen molar-refractivity contribution in [3.05, 3.63) is 65.4 Å². The number of para-hydroxylation sites is 1. The number of thiazole rings is 1. The largest absolute Gasteiger partial charge is 0.335 e. The van der Waals surface area contributed by atoms with Crippen LogP contribution >= 0.6 is 11.3 Å². The molecule has 123 valence electrons. The maximum atomic E-state index is 14.1. The van der Waals surface area contributed by atoms with Crippen molar-refractivity contribution in [1.82, 2.24) is 14.5 Å². The molecule has 0 bridgehead atoms. The van der Waals surface area contributed by atoms with Crippen molar-refractivity contribution in [2.45, 2.75) is 6.92 Å². The van der Waals surface area contributed by atoms with Crippen LogP contribution in [0.5, 0.6) is 0 Å². The molecule has 0 aliphatic rings. The Bertz CT molecular complexity index is 1010. The third kappa shape index (κ3) is 2.79. The van der Waals surface area contributed by atoms with E-state index in [1.165, 1.54) is 35.2 Å². The molecule has 0 spiro atoms. The van der Waals surface area contributed by atoms with Gasteiger partial charge in [0.15, 0.2) is 0 Å². The van der Waals surface area contributed by atoms with Gasteiger partial charge in [0.1, 0.15) is 17.3 Å². The van der Waals surface area contributed by atoms with Crippen LogP contribution in [0, 0.1) is 24.6 Å². The van der Waals surface area contributed by atoms with Gasteiger partial charge in [-0.2, -0.15) is 11.3 Å². The predicted octanol–water partition coefficient (Wildman–Crippen LogP) is 4.53. The van der Waals surface area contributed by atoms with Crippen molar-refractivity contribution in [3.63, 3.8) is 0 Å². The van der Waals surface area contributed by atoms with Crippen molar-refractivity contribution in [1.29, 1.82) is 0 Å². The molecule has 4 aromatic rings. The Hall–Kier alpha value is -1.95. The molecule has 4 rings (SSSR count). The van der Waals surface area contributed by atoms with Crippen LogP contribution in [0.25, 0.3) is 27.3 Å². The maximum absolute atomic E-state index is 14.1. The summed E-state index contributed by atoms with van der Waals surface area (Å²) in [6.45, 7) is 1.93. The molecule has 0 N–H and O–H groups in total. The third-order valence-electron chi connectivity index (χ3n) is 3.49. The van der Waals surface area contributed by atoms with Gasteiger partial charge in [0.2, 0.25) is 0 Å². The molecule has 0 aliphatic heterocycles. The zero-order chi connectivity index (χ0) is 16.0. The number of imidazole rings is 1. The average molecular weight is 519 g/mol. The van der Waals surface area contributed by atoms with E-state index >= 15 is 0 Å². The van der Waals surface area contributed by atoms with Gasteiger partial charge in [-0.25, -0.2) is 8.78 Å². The minimum Gasteiger partial charge on any atom is -0.335 e. The fourth-order valence-electron chi connectivity index (χ4n) is 2.52. The van der Waals surface area contributed by atoms with Gasteiger partial charge in [0, 0.05) is 32.5 Å². The van der Waals surface area contributed by atoms with E-state index in [2.05, 4.69) is 16.0 Å². The molecular weight excluding hydrogens is 508 g/mol. The first-order chi connectivity index (χ1) is 11.1. The normalized spacial score (nSPS) is 10.8. The Morgan fingerprint density at radius 3 is 2.71 bits per heavy atom. The second-order valence-corrected chi connectivity index (χ2v) is 6.25. The summed E-state index contributed by atoms with van der Waals surface area (Å²) in [6, 6.07) is 10.6. The van der Waals surface area contributed by atoms with E-state index in [-0.39, 0.29) is 25.8 Å². The number of nitrogens with zero attached hydrogens (tertiary/aromatic N) is 3. The van der Waals surface area contributed by atoms with Gasteiger partial charge in [-0.1, -0.05) is 6.07 Å². The van der Waals surface area contributed by atoms with Crippen LogP contribution in [0.3, 0.4) is 0 Å². The van der Waals surface area contributed by atoms with Gasteiger partial charge in [-0.05, 0) is 29.3 Å². The van der Waals surface area contributed by atoms with Crippen LogP contribution in [0.1, 0.15) is 5.01 Å². The van der Waals surface area contributed by atoms with Crippen LogP contribution in [0.2, 0.25) is 0 Å². The molecule has 2 aromatic heterocycles. The number of aryl methyl sites for hydroxylation is 1. The van der Waals surface area contributed by atoms with E-state index in [1.54, 1.807) is 11.3 Å². The van der Waals surface area contributed by atoms with Crippen molar-refractivity contribution >= 4 is 21.6 Å². The first kappa shape index (κ1) is 16.9. The smallest absolute Gasteiger partial charge is 0.149 e. The molecule has 2 heterocycles. The van der Waals surface area contributed by atoms with E-state index in [0.717, 1.165) is 15.2 Å². The molecule has 24 heavy (non-hydrogen) atoms. The minimum absolute atomic E-state index is 0. The monoisotopic (exact) mass is 519 g/mol. The molecule has 0 atom stereocenters. The molecule has 0 saturated heterocycles. The summed E-state index contributed by atoms with van der Waals surface area (Å²) in [4.78, 5) is 8.67. The van der Waals surface area contributed by atoms with Gasteiger partial charge in [-0.3, -0.25) is 9.97 Å². The summed E-state index contributed by atoms with van der Waals surface area (Å²) in [7, 11) is 0. The molecular formula is C17H10F2IrN3S-. The summed E-state index contributed by atoms with van der Waals surface area (Å²) in [5, 5.41) is 0.953. The van der Waals surface area contributed by atoms with Crippen LogP contribution < -0.4 is 0 Å². The SMILES string of the molecule is Cc1nc2cc(-c3nccn3-c3c(F)cccc3F)[c-]cc2s1.[Ir]. The molecule has 3 nitrogen and oxygen atoms in total. The third-order valence-corrected chi connectivity index (χ3v) is 4.42.